The fourth-order valence-electron chi connectivity index (χ4n) is 2.93. The van der Waals surface area contributed by atoms with Crippen LogP contribution in [0.4, 0.5) is 10.2 Å². The summed E-state index contributed by atoms with van der Waals surface area (Å²) in [5.74, 6) is 0.836. The Labute approximate surface area is 148 Å². The number of nitrogens with zero attached hydrogens (tertiary/aromatic N) is 5. The average molecular weight is 356 g/mol. The summed E-state index contributed by atoms with van der Waals surface area (Å²) in [4.78, 5) is 31.8. The van der Waals surface area contributed by atoms with Crippen molar-refractivity contribution in [2.45, 2.75) is 0 Å². The van der Waals surface area contributed by atoms with E-state index in [-0.39, 0.29) is 18.3 Å². The number of carbonyl (C=O) groups excluding carboxylic acids is 1. The van der Waals surface area contributed by atoms with Gasteiger partial charge in [-0.3, -0.25) is 4.79 Å². The minimum atomic E-state index is -0.337. The van der Waals surface area contributed by atoms with Crippen molar-refractivity contribution in [2.24, 2.45) is 0 Å². The van der Waals surface area contributed by atoms with E-state index in [1.54, 1.807) is 11.2 Å². The van der Waals surface area contributed by atoms with Crippen molar-refractivity contribution < 1.29 is 13.9 Å². The fourth-order valence-corrected chi connectivity index (χ4v) is 2.93. The van der Waals surface area contributed by atoms with Crippen LogP contribution in [-0.2, 0) is 4.79 Å². The predicted octanol–water partition coefficient (Wildman–Crippen LogP) is 1.22. The Morgan fingerprint density at radius 2 is 1.88 bits per heavy atom. The maximum atomic E-state index is 12.9. The zero-order chi connectivity index (χ0) is 17.9. The maximum absolute atomic E-state index is 12.9. The van der Waals surface area contributed by atoms with Crippen LogP contribution in [0.1, 0.15) is 0 Å². The molecule has 134 valence electrons. The number of nitrogens with one attached hydrogen (secondary N) is 1. The van der Waals surface area contributed by atoms with Crippen LogP contribution in [0.25, 0.3) is 11.2 Å². The van der Waals surface area contributed by atoms with E-state index in [0.29, 0.717) is 37.6 Å². The molecule has 1 N–H and O–H groups in total. The molecule has 3 aromatic rings. The number of benzene rings is 1. The second-order valence-electron chi connectivity index (χ2n) is 5.91. The first-order valence-corrected chi connectivity index (χ1v) is 8.26. The molecule has 26 heavy (non-hydrogen) atoms. The highest BCUT2D eigenvalue weighted by atomic mass is 19.1. The summed E-state index contributed by atoms with van der Waals surface area (Å²) in [6.07, 6.45) is 3.09. The number of anilines is 1. The summed E-state index contributed by atoms with van der Waals surface area (Å²) in [5, 5.41) is 0. The number of imidazole rings is 1. The van der Waals surface area contributed by atoms with Gasteiger partial charge in [0.05, 0.1) is 6.33 Å². The maximum Gasteiger partial charge on any atom is 0.260 e. The van der Waals surface area contributed by atoms with Gasteiger partial charge in [0.15, 0.2) is 18.1 Å². The molecule has 3 heterocycles. The van der Waals surface area contributed by atoms with Crippen LogP contribution < -0.4 is 9.64 Å². The molecule has 1 aliphatic heterocycles. The molecule has 1 aliphatic rings. The van der Waals surface area contributed by atoms with Gasteiger partial charge in [-0.25, -0.2) is 19.3 Å². The number of hydrogen-bond donors (Lipinski definition) is 1. The SMILES string of the molecule is O=C(COc1ccc(F)cc1)N1CCN(c2ncnc3nc[nH]c23)CC1. The fraction of sp³-hybridized carbons (Fsp3) is 0.294. The summed E-state index contributed by atoms with van der Waals surface area (Å²) < 4.78 is 18.3. The molecule has 4 rings (SSSR count). The smallest absolute Gasteiger partial charge is 0.260 e. The molecule has 0 bridgehead atoms. The highest BCUT2D eigenvalue weighted by Gasteiger charge is 2.23. The van der Waals surface area contributed by atoms with Crippen LogP contribution in [0.2, 0.25) is 0 Å². The molecule has 0 aliphatic carbocycles. The Balaban J connectivity index is 1.33. The van der Waals surface area contributed by atoms with Crippen molar-refractivity contribution >= 4 is 22.9 Å². The Morgan fingerprint density at radius 1 is 1.12 bits per heavy atom. The lowest BCUT2D eigenvalue weighted by Crippen LogP contribution is -2.50. The lowest BCUT2D eigenvalue weighted by atomic mass is 10.3. The van der Waals surface area contributed by atoms with Crippen molar-refractivity contribution in [1.82, 2.24) is 24.8 Å². The number of aromatic nitrogens is 4. The van der Waals surface area contributed by atoms with Gasteiger partial charge in [0, 0.05) is 26.2 Å². The van der Waals surface area contributed by atoms with Gasteiger partial charge in [-0.05, 0) is 24.3 Å². The number of piperazine rings is 1. The molecule has 0 saturated carbocycles. The van der Waals surface area contributed by atoms with Crippen LogP contribution in [0.5, 0.6) is 5.75 Å². The second-order valence-corrected chi connectivity index (χ2v) is 5.91. The lowest BCUT2D eigenvalue weighted by molar-refractivity contribution is -0.133. The summed E-state index contributed by atoms with van der Waals surface area (Å²) in [6, 6.07) is 5.61. The van der Waals surface area contributed by atoms with Gasteiger partial charge in [-0.2, -0.15) is 0 Å². The standard InChI is InChI=1S/C17H17FN6O2/c18-12-1-3-13(4-2-12)26-9-14(25)23-5-7-24(8-6-23)17-15-16(20-10-19-15)21-11-22-17/h1-4,10-11H,5-9H2,(H,19,20,21,22). The topological polar surface area (TPSA) is 87.2 Å². The highest BCUT2D eigenvalue weighted by molar-refractivity contribution is 5.83. The van der Waals surface area contributed by atoms with Gasteiger partial charge in [-0.1, -0.05) is 0 Å². The van der Waals surface area contributed by atoms with E-state index in [4.69, 9.17) is 4.74 Å². The summed E-state index contributed by atoms with van der Waals surface area (Å²) in [5.41, 5.74) is 1.42. The molecule has 1 fully saturated rings. The van der Waals surface area contributed by atoms with Gasteiger partial charge in [0.2, 0.25) is 0 Å². The normalized spacial score (nSPS) is 14.7. The molecule has 1 amide bonds. The molecule has 0 atom stereocenters. The molecule has 0 unspecified atom stereocenters. The molecule has 1 saturated heterocycles. The quantitative estimate of drug-likeness (QED) is 0.756. The average Bonchev–Trinajstić information content (AvgIpc) is 3.16. The predicted molar refractivity (Wildman–Crippen MR) is 92.4 cm³/mol. The summed E-state index contributed by atoms with van der Waals surface area (Å²) in [7, 11) is 0. The third-order valence-electron chi connectivity index (χ3n) is 4.31. The number of hydrogen-bond acceptors (Lipinski definition) is 6. The molecular formula is C17H17FN6O2. The number of H-pyrrole nitrogens is 1. The lowest BCUT2D eigenvalue weighted by Gasteiger charge is -2.35. The Hall–Kier alpha value is -3.23. The Morgan fingerprint density at radius 3 is 2.65 bits per heavy atom. The first kappa shape index (κ1) is 16.2. The van der Waals surface area contributed by atoms with Crippen LogP contribution in [0, 0.1) is 5.82 Å². The minimum Gasteiger partial charge on any atom is -0.484 e. The zero-order valence-electron chi connectivity index (χ0n) is 13.9. The van der Waals surface area contributed by atoms with Gasteiger partial charge in [-0.15, -0.1) is 0 Å². The first-order chi connectivity index (χ1) is 12.7. The van der Waals surface area contributed by atoms with Crippen molar-refractivity contribution in [3.63, 3.8) is 0 Å². The molecule has 9 heteroatoms. The molecule has 0 spiro atoms. The van der Waals surface area contributed by atoms with Crippen molar-refractivity contribution in [2.75, 3.05) is 37.7 Å². The van der Waals surface area contributed by atoms with Crippen molar-refractivity contribution in [1.29, 1.82) is 0 Å². The molecular weight excluding hydrogens is 339 g/mol. The number of carbonyl (C=O) groups is 1. The van der Waals surface area contributed by atoms with E-state index in [9.17, 15) is 9.18 Å². The number of rotatable bonds is 4. The highest BCUT2D eigenvalue weighted by Crippen LogP contribution is 2.21. The minimum absolute atomic E-state index is 0.0655. The first-order valence-electron chi connectivity index (χ1n) is 8.26. The number of amides is 1. The largest absolute Gasteiger partial charge is 0.484 e. The molecule has 0 radical (unpaired) electrons. The summed E-state index contributed by atoms with van der Waals surface area (Å²) in [6.45, 7) is 2.40. The van der Waals surface area contributed by atoms with E-state index < -0.39 is 0 Å². The van der Waals surface area contributed by atoms with E-state index in [0.717, 1.165) is 11.3 Å². The van der Waals surface area contributed by atoms with E-state index in [2.05, 4.69) is 24.8 Å². The van der Waals surface area contributed by atoms with Crippen LogP contribution in [0.3, 0.4) is 0 Å². The van der Waals surface area contributed by atoms with Gasteiger partial charge >= 0.3 is 0 Å². The number of aromatic amines is 1. The van der Waals surface area contributed by atoms with Crippen LogP contribution in [0.15, 0.2) is 36.9 Å². The Kier molecular flexibility index (Phi) is 4.34. The molecule has 1 aromatic carbocycles. The van der Waals surface area contributed by atoms with Gasteiger partial charge in [0.1, 0.15) is 23.4 Å². The second kappa shape index (κ2) is 6.95. The molecule has 8 nitrogen and oxygen atoms in total. The van der Waals surface area contributed by atoms with Gasteiger partial charge < -0.3 is 19.5 Å². The monoisotopic (exact) mass is 356 g/mol. The van der Waals surface area contributed by atoms with Crippen molar-refractivity contribution in [3.05, 3.63) is 42.7 Å². The zero-order valence-corrected chi connectivity index (χ0v) is 13.9. The third-order valence-corrected chi connectivity index (χ3v) is 4.31. The number of ether oxygens (including phenoxy) is 1. The molecule has 2 aromatic heterocycles. The Bertz CT molecular complexity index is 905. The van der Waals surface area contributed by atoms with Crippen molar-refractivity contribution in [3.8, 4) is 5.75 Å². The van der Waals surface area contributed by atoms with Crippen LogP contribution in [-0.4, -0.2) is 63.5 Å². The van der Waals surface area contributed by atoms with E-state index in [1.807, 2.05) is 0 Å². The van der Waals surface area contributed by atoms with Crippen LogP contribution >= 0.6 is 0 Å². The third kappa shape index (κ3) is 3.28. The van der Waals surface area contributed by atoms with E-state index in [1.165, 1.54) is 30.6 Å². The van der Waals surface area contributed by atoms with E-state index >= 15 is 0 Å². The number of fused-ring (bicyclic) bond motifs is 1. The summed E-state index contributed by atoms with van der Waals surface area (Å²) >= 11 is 0. The number of halogens is 1. The van der Waals surface area contributed by atoms with Gasteiger partial charge in [0.25, 0.3) is 5.91 Å².